The van der Waals surface area contributed by atoms with Crippen molar-refractivity contribution in [1.82, 2.24) is 14.3 Å². The van der Waals surface area contributed by atoms with E-state index in [-0.39, 0.29) is 12.5 Å². The molecule has 0 saturated heterocycles. The van der Waals surface area contributed by atoms with Crippen LogP contribution in [0.3, 0.4) is 0 Å². The summed E-state index contributed by atoms with van der Waals surface area (Å²) in [4.78, 5) is 11.8. The van der Waals surface area contributed by atoms with E-state index in [9.17, 15) is 18.0 Å². The third-order valence-corrected chi connectivity index (χ3v) is 5.68. The number of aromatic nitrogens is 3. The van der Waals surface area contributed by atoms with Crippen LogP contribution in [0.2, 0.25) is 0 Å². The number of halogens is 3. The second-order valence-electron chi connectivity index (χ2n) is 8.14. The van der Waals surface area contributed by atoms with E-state index < -0.39 is 11.7 Å². The lowest BCUT2D eigenvalue weighted by Crippen LogP contribution is -2.12. The highest BCUT2D eigenvalue weighted by Gasteiger charge is 2.30. The van der Waals surface area contributed by atoms with Gasteiger partial charge in [-0.1, -0.05) is 12.1 Å². The Morgan fingerprint density at radius 2 is 1.83 bits per heavy atom. The third-order valence-electron chi connectivity index (χ3n) is 5.68. The lowest BCUT2D eigenvalue weighted by molar-refractivity contribution is -0.143. The maximum absolute atomic E-state index is 12.8. The minimum absolute atomic E-state index is 0.141. The molecule has 0 unspecified atom stereocenters. The molecule has 9 heteroatoms. The van der Waals surface area contributed by atoms with Gasteiger partial charge in [-0.2, -0.15) is 18.3 Å². The Hall–Kier alpha value is -3.75. The van der Waals surface area contributed by atoms with E-state index >= 15 is 0 Å². The first-order chi connectivity index (χ1) is 16.7. The van der Waals surface area contributed by atoms with Crippen LogP contribution in [0.5, 0.6) is 5.75 Å². The Labute approximate surface area is 200 Å². The predicted octanol–water partition coefficient (Wildman–Crippen LogP) is 5.64. The molecule has 2 heterocycles. The summed E-state index contributed by atoms with van der Waals surface area (Å²) in [5, 5.41) is 5.45. The minimum Gasteiger partial charge on any atom is -0.494 e. The zero-order chi connectivity index (χ0) is 25.0. The first kappa shape index (κ1) is 24.4. The summed E-state index contributed by atoms with van der Waals surface area (Å²) in [5.74, 6) is 0.417. The summed E-state index contributed by atoms with van der Waals surface area (Å²) in [7, 11) is 1.81. The summed E-state index contributed by atoms with van der Waals surface area (Å²) in [6, 6.07) is 14.6. The lowest BCUT2D eigenvalue weighted by Gasteiger charge is -2.09. The highest BCUT2D eigenvalue weighted by molar-refractivity contribution is 5.83. The monoisotopic (exact) mass is 485 g/mol. The summed E-state index contributed by atoms with van der Waals surface area (Å²) in [6.45, 7) is 2.74. The molecule has 6 nitrogen and oxygen atoms in total. The third kappa shape index (κ3) is 5.85. The van der Waals surface area contributed by atoms with Crippen molar-refractivity contribution in [2.24, 2.45) is 7.05 Å². The SMILES string of the molecule is CCOC(=O)Cn1ccc2ccc(OCCCc3cc(-c4ccc(C(F)(F)F)cc4)nn3C)cc21. The average molecular weight is 486 g/mol. The molecule has 35 heavy (non-hydrogen) atoms. The van der Waals surface area contributed by atoms with E-state index in [4.69, 9.17) is 9.47 Å². The molecule has 0 spiro atoms. The largest absolute Gasteiger partial charge is 0.494 e. The van der Waals surface area contributed by atoms with Gasteiger partial charge in [-0.3, -0.25) is 9.48 Å². The number of carbonyl (C=O) groups excluding carboxylic acids is 1. The molecule has 184 valence electrons. The molecular formula is C26H26F3N3O3. The summed E-state index contributed by atoms with van der Waals surface area (Å²) in [6.07, 6.45) is -1.08. The summed E-state index contributed by atoms with van der Waals surface area (Å²) in [5.41, 5.74) is 2.44. The Bertz CT molecular complexity index is 1310. The van der Waals surface area contributed by atoms with Gasteiger partial charge in [-0.05, 0) is 61.5 Å². The van der Waals surface area contributed by atoms with Gasteiger partial charge < -0.3 is 14.0 Å². The highest BCUT2D eigenvalue weighted by Crippen LogP contribution is 2.31. The number of carbonyl (C=O) groups is 1. The molecule has 2 aromatic heterocycles. The van der Waals surface area contributed by atoms with Gasteiger partial charge in [0.1, 0.15) is 12.3 Å². The standard InChI is InChI=1S/C26H26F3N3O3/c1-3-34-25(33)17-32-13-12-19-8-11-22(16-24(19)32)35-14-4-5-21-15-23(30-31(21)2)18-6-9-20(10-7-18)26(27,28)29/h6-13,15-16H,3-5,14,17H2,1-2H3. The summed E-state index contributed by atoms with van der Waals surface area (Å²) < 4.78 is 52.9. The van der Waals surface area contributed by atoms with Crippen molar-refractivity contribution in [3.05, 3.63) is 72.1 Å². The van der Waals surface area contributed by atoms with Crippen molar-refractivity contribution < 1.29 is 27.4 Å². The van der Waals surface area contributed by atoms with E-state index in [0.29, 0.717) is 36.6 Å². The maximum Gasteiger partial charge on any atom is 0.416 e. The van der Waals surface area contributed by atoms with Crippen LogP contribution < -0.4 is 4.74 Å². The van der Waals surface area contributed by atoms with Crippen LogP contribution in [0.1, 0.15) is 24.6 Å². The Balaban J connectivity index is 1.34. The summed E-state index contributed by atoms with van der Waals surface area (Å²) >= 11 is 0. The van der Waals surface area contributed by atoms with Crippen molar-refractivity contribution in [3.63, 3.8) is 0 Å². The van der Waals surface area contributed by atoms with Gasteiger partial charge >= 0.3 is 12.1 Å². The molecule has 4 rings (SSSR count). The van der Waals surface area contributed by atoms with Crippen LogP contribution >= 0.6 is 0 Å². The smallest absolute Gasteiger partial charge is 0.416 e. The molecule has 0 radical (unpaired) electrons. The number of hydrogen-bond acceptors (Lipinski definition) is 4. The molecule has 0 fully saturated rings. The highest BCUT2D eigenvalue weighted by atomic mass is 19.4. The second-order valence-corrected chi connectivity index (χ2v) is 8.14. The van der Waals surface area contributed by atoms with E-state index in [1.165, 1.54) is 12.1 Å². The van der Waals surface area contributed by atoms with Gasteiger partial charge in [-0.15, -0.1) is 0 Å². The van der Waals surface area contributed by atoms with Crippen LogP contribution in [0.4, 0.5) is 13.2 Å². The molecule has 0 amide bonds. The van der Waals surface area contributed by atoms with Crippen molar-refractivity contribution >= 4 is 16.9 Å². The van der Waals surface area contributed by atoms with Gasteiger partial charge in [-0.25, -0.2) is 0 Å². The fraction of sp³-hybridized carbons (Fsp3) is 0.308. The number of benzene rings is 2. The first-order valence-electron chi connectivity index (χ1n) is 11.3. The molecule has 0 aliphatic carbocycles. The fourth-order valence-electron chi connectivity index (χ4n) is 3.89. The Morgan fingerprint density at radius 1 is 1.06 bits per heavy atom. The number of aryl methyl sites for hydroxylation is 2. The minimum atomic E-state index is -4.36. The van der Waals surface area contributed by atoms with Gasteiger partial charge in [0.05, 0.1) is 30.0 Å². The molecule has 4 aromatic rings. The fourth-order valence-corrected chi connectivity index (χ4v) is 3.89. The van der Waals surface area contributed by atoms with Crippen molar-refractivity contribution in [1.29, 1.82) is 0 Å². The van der Waals surface area contributed by atoms with Gasteiger partial charge in [0.25, 0.3) is 0 Å². The predicted molar refractivity (Wildman–Crippen MR) is 126 cm³/mol. The quantitative estimate of drug-likeness (QED) is 0.228. The second kappa shape index (κ2) is 10.2. The van der Waals surface area contributed by atoms with Crippen LogP contribution in [-0.4, -0.2) is 33.5 Å². The Kier molecular flexibility index (Phi) is 7.14. The van der Waals surface area contributed by atoms with E-state index in [1.807, 2.05) is 48.1 Å². The number of ether oxygens (including phenoxy) is 2. The number of esters is 1. The van der Waals surface area contributed by atoms with Crippen LogP contribution in [0.25, 0.3) is 22.2 Å². The zero-order valence-corrected chi connectivity index (χ0v) is 19.5. The lowest BCUT2D eigenvalue weighted by atomic mass is 10.1. The van der Waals surface area contributed by atoms with Crippen LogP contribution in [0, 0.1) is 0 Å². The maximum atomic E-state index is 12.8. The van der Waals surface area contributed by atoms with Gasteiger partial charge in [0.2, 0.25) is 0 Å². The van der Waals surface area contributed by atoms with Gasteiger partial charge in [0, 0.05) is 30.6 Å². The van der Waals surface area contributed by atoms with Crippen molar-refractivity contribution in [2.45, 2.75) is 32.5 Å². The number of hydrogen-bond donors (Lipinski definition) is 0. The van der Waals surface area contributed by atoms with Crippen LogP contribution in [0.15, 0.2) is 60.8 Å². The van der Waals surface area contributed by atoms with E-state index in [0.717, 1.165) is 35.2 Å². The molecule has 0 aliphatic rings. The topological polar surface area (TPSA) is 58.3 Å². The van der Waals surface area contributed by atoms with E-state index in [2.05, 4.69) is 5.10 Å². The first-order valence-corrected chi connectivity index (χ1v) is 11.3. The number of alkyl halides is 3. The number of nitrogens with zero attached hydrogens (tertiary/aromatic N) is 3. The number of rotatable bonds is 9. The van der Waals surface area contributed by atoms with Crippen molar-refractivity contribution in [2.75, 3.05) is 13.2 Å². The number of fused-ring (bicyclic) bond motifs is 1. The van der Waals surface area contributed by atoms with Gasteiger partial charge in [0.15, 0.2) is 0 Å². The van der Waals surface area contributed by atoms with Crippen molar-refractivity contribution in [3.8, 4) is 17.0 Å². The van der Waals surface area contributed by atoms with Crippen LogP contribution in [-0.2, 0) is 35.7 Å². The zero-order valence-electron chi connectivity index (χ0n) is 19.5. The molecule has 0 saturated carbocycles. The average Bonchev–Trinajstić information content (AvgIpc) is 3.39. The molecule has 0 atom stereocenters. The molecule has 2 aromatic carbocycles. The molecule has 0 N–H and O–H groups in total. The normalized spacial score (nSPS) is 11.7. The molecular weight excluding hydrogens is 459 g/mol. The van der Waals surface area contributed by atoms with E-state index in [1.54, 1.807) is 11.6 Å². The Morgan fingerprint density at radius 3 is 2.54 bits per heavy atom. The molecule has 0 bridgehead atoms. The molecule has 0 aliphatic heterocycles.